The molecule has 0 amide bonds. The highest BCUT2D eigenvalue weighted by Crippen LogP contribution is 2.33. The largest absolute Gasteiger partial charge is 0.478 e. The monoisotopic (exact) mass is 301 g/mol. The second kappa shape index (κ2) is 5.60. The maximum Gasteiger partial charge on any atom is 0.351 e. The molecule has 1 aliphatic heterocycles. The minimum Gasteiger partial charge on any atom is -0.478 e. The van der Waals surface area contributed by atoms with Crippen molar-refractivity contribution in [2.45, 2.75) is 18.4 Å². The van der Waals surface area contributed by atoms with Gasteiger partial charge in [0, 0.05) is 11.8 Å². The summed E-state index contributed by atoms with van der Waals surface area (Å²) in [7, 11) is 0. The smallest absolute Gasteiger partial charge is 0.351 e. The van der Waals surface area contributed by atoms with Gasteiger partial charge >= 0.3 is 11.7 Å². The fourth-order valence-electron chi connectivity index (χ4n) is 1.98. The first-order valence-electron chi connectivity index (χ1n) is 5.77. The van der Waals surface area contributed by atoms with Gasteiger partial charge in [0.05, 0.1) is 12.9 Å². The van der Waals surface area contributed by atoms with Crippen LogP contribution in [0.3, 0.4) is 0 Å². The highest BCUT2D eigenvalue weighted by atomic mass is 19.1. The number of aromatic carboxylic acids is 1. The van der Waals surface area contributed by atoms with Crippen molar-refractivity contribution in [1.82, 2.24) is 9.55 Å². The van der Waals surface area contributed by atoms with E-state index in [0.29, 0.717) is 4.57 Å². The number of anilines is 1. The van der Waals surface area contributed by atoms with Gasteiger partial charge in [0.2, 0.25) is 0 Å². The highest BCUT2D eigenvalue weighted by Gasteiger charge is 2.40. The molecule has 3 unspecified atom stereocenters. The fraction of sp³-hybridized carbons (Fsp3) is 0.364. The van der Waals surface area contributed by atoms with Crippen LogP contribution in [-0.2, 0) is 4.74 Å². The third kappa shape index (κ3) is 2.51. The zero-order valence-electron chi connectivity index (χ0n) is 10.5. The van der Waals surface area contributed by atoms with E-state index in [1.54, 1.807) is 0 Å². The Hall–Kier alpha value is -2.30. The van der Waals surface area contributed by atoms with Crippen LogP contribution in [0.2, 0.25) is 0 Å². The van der Waals surface area contributed by atoms with Gasteiger partial charge in [-0.25, -0.2) is 14.0 Å². The Bertz CT molecular complexity index is 658. The summed E-state index contributed by atoms with van der Waals surface area (Å²) in [5.41, 5.74) is 3.53. The quantitative estimate of drug-likeness (QED) is 0.534. The Kier molecular flexibility index (Phi) is 4.02. The molecule has 1 aliphatic rings. The summed E-state index contributed by atoms with van der Waals surface area (Å²) in [4.78, 5) is 26.1. The summed E-state index contributed by atoms with van der Waals surface area (Å²) in [6.45, 7) is -0.613. The molecule has 0 radical (unpaired) electrons. The Morgan fingerprint density at radius 2 is 2.29 bits per heavy atom. The Morgan fingerprint density at radius 1 is 1.62 bits per heavy atom. The summed E-state index contributed by atoms with van der Waals surface area (Å²) in [6, 6.07) is 0. The molecule has 0 saturated carbocycles. The predicted molar refractivity (Wildman–Crippen MR) is 66.1 cm³/mol. The van der Waals surface area contributed by atoms with Gasteiger partial charge in [0.15, 0.2) is 6.23 Å². The fourth-order valence-corrected chi connectivity index (χ4v) is 1.98. The number of carbonyl (C=O) groups is 1. The number of rotatable bonds is 3. The SMILES string of the molecule is Nc1nc(=O)n(C2OC(CO)C(O)C2=CF)cc1C(=O)O. The van der Waals surface area contributed by atoms with Crippen LogP contribution in [0, 0.1) is 0 Å². The predicted octanol–water partition coefficient (Wildman–Crippen LogP) is -1.37. The number of hydrogen-bond donors (Lipinski definition) is 4. The molecule has 10 heteroatoms. The van der Waals surface area contributed by atoms with E-state index in [2.05, 4.69) is 4.98 Å². The molecule has 2 rings (SSSR count). The Morgan fingerprint density at radius 3 is 2.81 bits per heavy atom. The molecule has 9 nitrogen and oxygen atoms in total. The zero-order valence-corrected chi connectivity index (χ0v) is 10.5. The molecule has 0 aromatic carbocycles. The van der Waals surface area contributed by atoms with Gasteiger partial charge in [-0.1, -0.05) is 0 Å². The minimum absolute atomic E-state index is 0.0359. The molecule has 114 valence electrons. The van der Waals surface area contributed by atoms with Gasteiger partial charge in [-0.05, 0) is 0 Å². The maximum atomic E-state index is 12.9. The van der Waals surface area contributed by atoms with Crippen LogP contribution >= 0.6 is 0 Å². The lowest BCUT2D eigenvalue weighted by atomic mass is 10.1. The van der Waals surface area contributed by atoms with Gasteiger partial charge in [-0.2, -0.15) is 4.98 Å². The van der Waals surface area contributed by atoms with Crippen LogP contribution in [-0.4, -0.2) is 49.7 Å². The van der Waals surface area contributed by atoms with Gasteiger partial charge < -0.3 is 25.8 Å². The second-order valence-corrected chi connectivity index (χ2v) is 4.30. The molecule has 1 saturated heterocycles. The molecule has 0 bridgehead atoms. The molecule has 21 heavy (non-hydrogen) atoms. The van der Waals surface area contributed by atoms with Crippen molar-refractivity contribution in [3.05, 3.63) is 34.1 Å². The van der Waals surface area contributed by atoms with Crippen LogP contribution in [0.5, 0.6) is 0 Å². The molecule has 0 spiro atoms. The molecule has 1 aromatic heterocycles. The van der Waals surface area contributed by atoms with Crippen LogP contribution in [0.25, 0.3) is 0 Å². The van der Waals surface area contributed by atoms with Gasteiger partial charge in [-0.3, -0.25) is 4.57 Å². The van der Waals surface area contributed by atoms with Crippen molar-refractivity contribution in [2.24, 2.45) is 0 Å². The van der Waals surface area contributed by atoms with E-state index in [9.17, 15) is 19.1 Å². The first kappa shape index (κ1) is 15.1. The lowest BCUT2D eigenvalue weighted by molar-refractivity contribution is -0.0448. The number of carboxylic acids is 1. The third-order valence-corrected chi connectivity index (χ3v) is 3.05. The van der Waals surface area contributed by atoms with Gasteiger partial charge in [-0.15, -0.1) is 0 Å². The third-order valence-electron chi connectivity index (χ3n) is 3.05. The molecule has 3 atom stereocenters. The number of carboxylic acid groups (broad SMARTS) is 1. The van der Waals surface area contributed by atoms with Crippen molar-refractivity contribution in [1.29, 1.82) is 0 Å². The molecular formula is C11H12FN3O6. The number of hydrogen-bond acceptors (Lipinski definition) is 7. The van der Waals surface area contributed by atoms with Crippen molar-refractivity contribution in [3.63, 3.8) is 0 Å². The zero-order chi connectivity index (χ0) is 15.7. The number of aromatic nitrogens is 2. The number of aliphatic hydroxyl groups is 2. The molecule has 0 aliphatic carbocycles. The number of nitrogen functional groups attached to an aromatic ring is 1. The maximum absolute atomic E-state index is 12.9. The van der Waals surface area contributed by atoms with E-state index in [-0.39, 0.29) is 11.9 Å². The Labute approximate surface area is 116 Å². The lowest BCUT2D eigenvalue weighted by Gasteiger charge is -2.15. The average Bonchev–Trinajstić information content (AvgIpc) is 2.74. The van der Waals surface area contributed by atoms with Crippen molar-refractivity contribution in [2.75, 3.05) is 12.3 Å². The summed E-state index contributed by atoms with van der Waals surface area (Å²) in [5.74, 6) is -1.93. The first-order valence-corrected chi connectivity index (χ1v) is 5.77. The van der Waals surface area contributed by atoms with Crippen molar-refractivity contribution in [3.8, 4) is 0 Å². The molecular weight excluding hydrogens is 289 g/mol. The van der Waals surface area contributed by atoms with Crippen LogP contribution in [0.1, 0.15) is 16.6 Å². The van der Waals surface area contributed by atoms with Crippen molar-refractivity contribution >= 4 is 11.8 Å². The van der Waals surface area contributed by atoms with Crippen molar-refractivity contribution < 1.29 is 29.2 Å². The number of halogens is 1. The second-order valence-electron chi connectivity index (χ2n) is 4.30. The summed E-state index contributed by atoms with van der Waals surface area (Å²) in [5, 5.41) is 27.7. The first-order chi connectivity index (χ1) is 9.90. The number of aliphatic hydroxyl groups excluding tert-OH is 2. The van der Waals surface area contributed by atoms with E-state index in [0.717, 1.165) is 6.20 Å². The number of ether oxygens (including phenoxy) is 1. The van der Waals surface area contributed by atoms with E-state index in [1.807, 2.05) is 0 Å². The number of nitrogens with zero attached hydrogens (tertiary/aromatic N) is 2. The molecule has 1 fully saturated rings. The summed E-state index contributed by atoms with van der Waals surface area (Å²) < 4.78 is 18.7. The molecule has 1 aromatic rings. The van der Waals surface area contributed by atoms with Gasteiger partial charge in [0.1, 0.15) is 23.6 Å². The van der Waals surface area contributed by atoms with Crippen LogP contribution in [0.4, 0.5) is 10.2 Å². The van der Waals surface area contributed by atoms with E-state index >= 15 is 0 Å². The molecule has 2 heterocycles. The number of nitrogens with two attached hydrogens (primary N) is 1. The normalized spacial score (nSPS) is 27.2. The molecule has 5 N–H and O–H groups in total. The van der Waals surface area contributed by atoms with E-state index in [4.69, 9.17) is 20.7 Å². The summed E-state index contributed by atoms with van der Waals surface area (Å²) in [6.07, 6.45) is -3.15. The average molecular weight is 301 g/mol. The standard InChI is InChI=1S/C11H12FN3O6/c12-1-4-7(17)6(3-16)21-9(4)15-2-5(10(18)19)8(13)14-11(15)20/h1-2,6-7,9,16-17H,3H2,(H,18,19)(H2,13,14,20). The van der Waals surface area contributed by atoms with Crippen LogP contribution < -0.4 is 11.4 Å². The van der Waals surface area contributed by atoms with Crippen LogP contribution in [0.15, 0.2) is 22.9 Å². The van der Waals surface area contributed by atoms with E-state index in [1.165, 1.54) is 0 Å². The lowest BCUT2D eigenvalue weighted by Crippen LogP contribution is -2.30. The topological polar surface area (TPSA) is 148 Å². The summed E-state index contributed by atoms with van der Waals surface area (Å²) >= 11 is 0. The van der Waals surface area contributed by atoms with Gasteiger partial charge in [0.25, 0.3) is 0 Å². The Balaban J connectivity index is 2.54. The highest BCUT2D eigenvalue weighted by molar-refractivity contribution is 5.92. The minimum atomic E-state index is -1.47. The van der Waals surface area contributed by atoms with E-state index < -0.39 is 48.1 Å².